The molecule has 0 saturated heterocycles. The third kappa shape index (κ3) is 4.51. The molecule has 0 aliphatic carbocycles. The number of benzene rings is 1. The maximum atomic E-state index is 12.2. The van der Waals surface area contributed by atoms with Crippen LogP contribution in [0.2, 0.25) is 0 Å². The molecule has 0 amide bonds. The third-order valence-electron chi connectivity index (χ3n) is 2.21. The monoisotopic (exact) mass is 288 g/mol. The summed E-state index contributed by atoms with van der Waals surface area (Å²) in [6.07, 6.45) is -1.32. The second-order valence-electron chi connectivity index (χ2n) is 3.72. The Morgan fingerprint density at radius 1 is 1.26 bits per heavy atom. The highest BCUT2D eigenvalue weighted by Crippen LogP contribution is 2.32. The van der Waals surface area contributed by atoms with Crippen LogP contribution < -0.4 is 5.32 Å². The van der Waals surface area contributed by atoms with Gasteiger partial charge in [0.1, 0.15) is 5.76 Å². The number of hydrogen-bond acceptors (Lipinski definition) is 4. The number of hydrogen-bond donors (Lipinski definition) is 1. The van der Waals surface area contributed by atoms with Gasteiger partial charge in [-0.3, -0.25) is 0 Å². The fourth-order valence-corrected chi connectivity index (χ4v) is 2.20. The van der Waals surface area contributed by atoms with E-state index in [2.05, 4.69) is 10.3 Å². The van der Waals surface area contributed by atoms with Crippen molar-refractivity contribution in [3.8, 4) is 0 Å². The summed E-state index contributed by atoms with van der Waals surface area (Å²) in [5, 5.41) is 3.03. The van der Waals surface area contributed by atoms with Gasteiger partial charge in [-0.05, 0) is 12.1 Å². The lowest BCUT2D eigenvalue weighted by Gasteiger charge is -2.11. The van der Waals surface area contributed by atoms with Crippen LogP contribution >= 0.6 is 11.8 Å². The number of anilines is 1. The van der Waals surface area contributed by atoms with Crippen molar-refractivity contribution in [3.05, 3.63) is 42.6 Å². The maximum Gasteiger partial charge on any atom is 0.398 e. The molecule has 0 aliphatic rings. The SMILES string of the molecule is FC(F)(F)CSc1ccccc1NCc1cnco1. The van der Waals surface area contributed by atoms with Crippen molar-refractivity contribution in [2.45, 2.75) is 17.6 Å². The highest BCUT2D eigenvalue weighted by Gasteiger charge is 2.27. The predicted octanol–water partition coefficient (Wildman–Crippen LogP) is 3.94. The van der Waals surface area contributed by atoms with Gasteiger partial charge in [-0.25, -0.2) is 4.98 Å². The Kier molecular flexibility index (Phi) is 4.36. The second kappa shape index (κ2) is 6.01. The summed E-state index contributed by atoms with van der Waals surface area (Å²) in [4.78, 5) is 4.32. The van der Waals surface area contributed by atoms with Crippen LogP contribution in [0.1, 0.15) is 5.76 Å². The summed E-state index contributed by atoms with van der Waals surface area (Å²) in [5.41, 5.74) is 0.646. The van der Waals surface area contributed by atoms with Gasteiger partial charge in [-0.1, -0.05) is 12.1 Å². The Labute approximate surface area is 112 Å². The van der Waals surface area contributed by atoms with Crippen molar-refractivity contribution in [3.63, 3.8) is 0 Å². The van der Waals surface area contributed by atoms with Gasteiger partial charge in [0.2, 0.25) is 0 Å². The summed E-state index contributed by atoms with van der Waals surface area (Å²) < 4.78 is 41.7. The minimum atomic E-state index is -4.18. The average Bonchev–Trinajstić information content (AvgIpc) is 2.87. The molecule has 1 aromatic heterocycles. The molecule has 0 fully saturated rings. The largest absolute Gasteiger partial charge is 0.447 e. The van der Waals surface area contributed by atoms with E-state index in [0.29, 0.717) is 22.9 Å². The molecule has 1 aromatic carbocycles. The van der Waals surface area contributed by atoms with E-state index in [0.717, 1.165) is 11.8 Å². The third-order valence-corrected chi connectivity index (χ3v) is 3.35. The van der Waals surface area contributed by atoms with E-state index in [1.807, 2.05) is 0 Å². The quantitative estimate of drug-likeness (QED) is 0.846. The van der Waals surface area contributed by atoms with Gasteiger partial charge in [-0.2, -0.15) is 13.2 Å². The van der Waals surface area contributed by atoms with Crippen LogP contribution in [0, 0.1) is 0 Å². The number of halogens is 3. The molecule has 0 atom stereocenters. The molecule has 0 radical (unpaired) electrons. The highest BCUT2D eigenvalue weighted by atomic mass is 32.2. The topological polar surface area (TPSA) is 38.1 Å². The lowest BCUT2D eigenvalue weighted by atomic mass is 10.3. The fourth-order valence-electron chi connectivity index (χ4n) is 1.41. The van der Waals surface area contributed by atoms with E-state index in [4.69, 9.17) is 4.42 Å². The van der Waals surface area contributed by atoms with Crippen molar-refractivity contribution in [2.75, 3.05) is 11.1 Å². The summed E-state index contributed by atoms with van der Waals surface area (Å²) >= 11 is 0.757. The molecule has 1 heterocycles. The number of aromatic nitrogens is 1. The van der Waals surface area contributed by atoms with Crippen molar-refractivity contribution in [2.24, 2.45) is 0 Å². The van der Waals surface area contributed by atoms with Crippen LogP contribution in [0.25, 0.3) is 0 Å². The first kappa shape index (κ1) is 13.8. The van der Waals surface area contributed by atoms with Crippen LogP contribution in [-0.4, -0.2) is 16.9 Å². The Balaban J connectivity index is 1.99. The zero-order valence-electron chi connectivity index (χ0n) is 9.78. The minimum Gasteiger partial charge on any atom is -0.447 e. The van der Waals surface area contributed by atoms with Gasteiger partial charge in [0.05, 0.1) is 18.5 Å². The Bertz CT molecular complexity index is 514. The molecule has 0 aliphatic heterocycles. The van der Waals surface area contributed by atoms with Crippen LogP contribution in [0.4, 0.5) is 18.9 Å². The zero-order valence-corrected chi connectivity index (χ0v) is 10.6. The Morgan fingerprint density at radius 2 is 2.05 bits per heavy atom. The van der Waals surface area contributed by atoms with Crippen molar-refractivity contribution in [1.82, 2.24) is 4.98 Å². The summed E-state index contributed by atoms with van der Waals surface area (Å²) in [5.74, 6) is -0.288. The molecule has 0 spiro atoms. The Morgan fingerprint density at radius 3 is 2.74 bits per heavy atom. The number of nitrogens with zero attached hydrogens (tertiary/aromatic N) is 1. The molecule has 7 heteroatoms. The number of nitrogens with one attached hydrogen (secondary N) is 1. The van der Waals surface area contributed by atoms with Gasteiger partial charge in [0.25, 0.3) is 0 Å². The summed E-state index contributed by atoms with van der Waals surface area (Å²) in [7, 11) is 0. The molecular formula is C12H11F3N2OS. The van der Waals surface area contributed by atoms with Crippen molar-refractivity contribution in [1.29, 1.82) is 0 Å². The first-order valence-electron chi connectivity index (χ1n) is 5.44. The molecule has 102 valence electrons. The lowest BCUT2D eigenvalue weighted by molar-refractivity contribution is -0.105. The first-order chi connectivity index (χ1) is 9.04. The Hall–Kier alpha value is -1.63. The molecular weight excluding hydrogens is 277 g/mol. The number of rotatable bonds is 5. The van der Waals surface area contributed by atoms with Crippen LogP contribution in [0.5, 0.6) is 0 Å². The molecule has 0 bridgehead atoms. The number of para-hydroxylation sites is 1. The van der Waals surface area contributed by atoms with E-state index in [1.165, 1.54) is 6.39 Å². The smallest absolute Gasteiger partial charge is 0.398 e. The van der Waals surface area contributed by atoms with Gasteiger partial charge >= 0.3 is 6.18 Å². The van der Waals surface area contributed by atoms with Gasteiger partial charge < -0.3 is 9.73 Å². The first-order valence-corrected chi connectivity index (χ1v) is 6.43. The van der Waals surface area contributed by atoms with Crippen molar-refractivity contribution < 1.29 is 17.6 Å². The molecule has 3 nitrogen and oxygen atoms in total. The van der Waals surface area contributed by atoms with E-state index < -0.39 is 11.9 Å². The van der Waals surface area contributed by atoms with Crippen LogP contribution in [0.15, 0.2) is 46.2 Å². The van der Waals surface area contributed by atoms with E-state index in [-0.39, 0.29) is 0 Å². The van der Waals surface area contributed by atoms with E-state index in [9.17, 15) is 13.2 Å². The number of alkyl halides is 3. The molecule has 0 saturated carbocycles. The van der Waals surface area contributed by atoms with Gasteiger partial charge in [-0.15, -0.1) is 11.8 Å². The van der Waals surface area contributed by atoms with Gasteiger partial charge in [0.15, 0.2) is 6.39 Å². The number of oxazole rings is 1. The van der Waals surface area contributed by atoms with E-state index >= 15 is 0 Å². The number of thioether (sulfide) groups is 1. The van der Waals surface area contributed by atoms with E-state index in [1.54, 1.807) is 30.5 Å². The fraction of sp³-hybridized carbons (Fsp3) is 0.250. The molecule has 19 heavy (non-hydrogen) atoms. The van der Waals surface area contributed by atoms with Crippen molar-refractivity contribution >= 4 is 17.4 Å². The van der Waals surface area contributed by atoms with Crippen LogP contribution in [0.3, 0.4) is 0 Å². The second-order valence-corrected chi connectivity index (χ2v) is 4.74. The predicted molar refractivity (Wildman–Crippen MR) is 67.1 cm³/mol. The molecule has 2 rings (SSSR count). The van der Waals surface area contributed by atoms with Crippen LogP contribution in [-0.2, 0) is 6.54 Å². The summed E-state index contributed by atoms with van der Waals surface area (Å²) in [6, 6.07) is 6.85. The summed E-state index contributed by atoms with van der Waals surface area (Å²) in [6.45, 7) is 0.379. The zero-order chi connectivity index (χ0) is 13.7. The standard InChI is InChI=1S/C12H11F3N2OS/c13-12(14,15)7-19-11-4-2-1-3-10(11)17-6-9-5-16-8-18-9/h1-5,8,17H,6-7H2. The normalized spacial score (nSPS) is 11.5. The highest BCUT2D eigenvalue weighted by molar-refractivity contribution is 7.99. The molecule has 1 N–H and O–H groups in total. The average molecular weight is 288 g/mol. The minimum absolute atomic E-state index is 0.379. The molecule has 2 aromatic rings. The van der Waals surface area contributed by atoms with Gasteiger partial charge in [0, 0.05) is 10.6 Å². The molecule has 0 unspecified atom stereocenters. The lowest BCUT2D eigenvalue weighted by Crippen LogP contribution is -2.11. The maximum absolute atomic E-state index is 12.2.